The molecule has 2 aromatic rings. The van der Waals surface area contributed by atoms with Crippen LogP contribution in [0.25, 0.3) is 0 Å². The van der Waals surface area contributed by atoms with Crippen LogP contribution < -0.4 is 10.0 Å². The molecule has 0 atom stereocenters. The predicted octanol–water partition coefficient (Wildman–Crippen LogP) is 4.18. The first-order chi connectivity index (χ1) is 16.4. The SMILES string of the molecule is CN1C(=CC=CC=CC2=[N+](C)c3ccc(C(=O)[O-])cc3C2(C)C)C(C)(C)c2cc(C(=O)O)ccc21. The molecule has 4 rings (SSSR count). The molecule has 2 aliphatic heterocycles. The third-order valence-corrected chi connectivity index (χ3v) is 7.28. The van der Waals surface area contributed by atoms with E-state index in [4.69, 9.17) is 0 Å². The summed E-state index contributed by atoms with van der Waals surface area (Å²) < 4.78 is 2.09. The summed E-state index contributed by atoms with van der Waals surface area (Å²) in [6, 6.07) is 10.4. The number of carboxylic acid groups (broad SMARTS) is 2. The molecule has 0 saturated carbocycles. The van der Waals surface area contributed by atoms with E-state index in [1.54, 1.807) is 24.3 Å². The lowest BCUT2D eigenvalue weighted by molar-refractivity contribution is -0.401. The summed E-state index contributed by atoms with van der Waals surface area (Å²) in [6.07, 6.45) is 10.0. The Hall–Kier alpha value is -3.93. The van der Waals surface area contributed by atoms with Crippen LogP contribution in [0, 0.1) is 0 Å². The zero-order valence-electron chi connectivity index (χ0n) is 20.9. The van der Waals surface area contributed by atoms with E-state index in [0.29, 0.717) is 0 Å². The Morgan fingerprint density at radius 2 is 1.60 bits per heavy atom. The van der Waals surface area contributed by atoms with Crippen LogP contribution in [-0.4, -0.2) is 41.4 Å². The number of hydrogen-bond acceptors (Lipinski definition) is 4. The maximum absolute atomic E-state index is 11.4. The molecule has 0 amide bonds. The zero-order valence-corrected chi connectivity index (χ0v) is 20.9. The van der Waals surface area contributed by atoms with Crippen molar-refractivity contribution in [3.8, 4) is 0 Å². The minimum atomic E-state index is -1.17. The van der Waals surface area contributed by atoms with Gasteiger partial charge in [0, 0.05) is 41.6 Å². The lowest BCUT2D eigenvalue weighted by Crippen LogP contribution is -2.27. The number of nitrogens with zero attached hydrogens (tertiary/aromatic N) is 2. The molecule has 1 N–H and O–H groups in total. The molecule has 0 fully saturated rings. The van der Waals surface area contributed by atoms with Crippen LogP contribution in [0.4, 0.5) is 11.4 Å². The summed E-state index contributed by atoms with van der Waals surface area (Å²) in [5.74, 6) is -2.10. The Labute approximate surface area is 205 Å². The third-order valence-electron chi connectivity index (χ3n) is 7.28. The molecule has 35 heavy (non-hydrogen) atoms. The molecular weight excluding hydrogens is 440 g/mol. The van der Waals surface area contributed by atoms with Gasteiger partial charge in [0.2, 0.25) is 5.69 Å². The van der Waals surface area contributed by atoms with E-state index >= 15 is 0 Å². The molecule has 2 aliphatic rings. The summed E-state index contributed by atoms with van der Waals surface area (Å²) >= 11 is 0. The summed E-state index contributed by atoms with van der Waals surface area (Å²) in [5, 5.41) is 20.7. The van der Waals surface area contributed by atoms with Crippen molar-refractivity contribution in [2.24, 2.45) is 0 Å². The highest BCUT2D eigenvalue weighted by molar-refractivity contribution is 6.03. The molecular formula is C29H30N2O4. The second-order valence-corrected chi connectivity index (χ2v) is 10.1. The first-order valence-electron chi connectivity index (χ1n) is 11.5. The highest BCUT2D eigenvalue weighted by Crippen LogP contribution is 2.47. The van der Waals surface area contributed by atoms with E-state index in [0.717, 1.165) is 33.9 Å². The lowest BCUT2D eigenvalue weighted by atomic mass is 9.81. The minimum Gasteiger partial charge on any atom is -0.545 e. The van der Waals surface area contributed by atoms with Crippen molar-refractivity contribution in [2.45, 2.75) is 38.5 Å². The van der Waals surface area contributed by atoms with Crippen LogP contribution in [0.2, 0.25) is 0 Å². The van der Waals surface area contributed by atoms with E-state index in [1.165, 1.54) is 0 Å². The van der Waals surface area contributed by atoms with Gasteiger partial charge in [0.1, 0.15) is 7.05 Å². The first-order valence-corrected chi connectivity index (χ1v) is 11.5. The van der Waals surface area contributed by atoms with Crippen molar-refractivity contribution in [1.82, 2.24) is 0 Å². The van der Waals surface area contributed by atoms with E-state index < -0.39 is 11.9 Å². The fourth-order valence-electron chi connectivity index (χ4n) is 5.29. The van der Waals surface area contributed by atoms with Gasteiger partial charge in [-0.2, -0.15) is 4.58 Å². The summed E-state index contributed by atoms with van der Waals surface area (Å²) in [4.78, 5) is 24.9. The molecule has 0 spiro atoms. The van der Waals surface area contributed by atoms with Crippen molar-refractivity contribution in [3.05, 3.63) is 94.7 Å². The number of allylic oxidation sites excluding steroid dienone is 6. The van der Waals surface area contributed by atoms with Gasteiger partial charge in [0.25, 0.3) is 0 Å². The Kier molecular flexibility index (Phi) is 5.79. The van der Waals surface area contributed by atoms with Crippen molar-refractivity contribution in [2.75, 3.05) is 19.0 Å². The predicted molar refractivity (Wildman–Crippen MR) is 136 cm³/mol. The molecule has 0 radical (unpaired) electrons. The van der Waals surface area contributed by atoms with Crippen LogP contribution in [0.5, 0.6) is 0 Å². The Balaban J connectivity index is 1.58. The second-order valence-electron chi connectivity index (χ2n) is 10.1. The fourth-order valence-corrected chi connectivity index (χ4v) is 5.29. The third kappa shape index (κ3) is 3.89. The number of carbonyl (C=O) groups excluding carboxylic acids is 1. The van der Waals surface area contributed by atoms with Gasteiger partial charge in [-0.3, -0.25) is 0 Å². The zero-order chi connectivity index (χ0) is 25.7. The van der Waals surface area contributed by atoms with Gasteiger partial charge >= 0.3 is 5.97 Å². The first kappa shape index (κ1) is 24.2. The molecule has 0 unspecified atom stereocenters. The minimum absolute atomic E-state index is 0.182. The Bertz CT molecular complexity index is 1370. The van der Waals surface area contributed by atoms with Crippen LogP contribution in [0.15, 0.2) is 72.5 Å². The van der Waals surface area contributed by atoms with Gasteiger partial charge in [0.05, 0.1) is 16.9 Å². The molecule has 0 aromatic heterocycles. The van der Waals surface area contributed by atoms with Crippen LogP contribution >= 0.6 is 0 Å². The number of aromatic carboxylic acids is 2. The topological polar surface area (TPSA) is 83.7 Å². The molecule has 0 aliphatic carbocycles. The maximum Gasteiger partial charge on any atom is 0.335 e. The van der Waals surface area contributed by atoms with Gasteiger partial charge in [-0.05, 0) is 61.4 Å². The van der Waals surface area contributed by atoms with E-state index in [2.05, 4.69) is 43.2 Å². The monoisotopic (exact) mass is 470 g/mol. The average molecular weight is 471 g/mol. The molecule has 2 aromatic carbocycles. The van der Waals surface area contributed by atoms with Crippen LogP contribution in [-0.2, 0) is 10.8 Å². The summed E-state index contributed by atoms with van der Waals surface area (Å²) in [6.45, 7) is 8.36. The Morgan fingerprint density at radius 1 is 0.943 bits per heavy atom. The van der Waals surface area contributed by atoms with Gasteiger partial charge < -0.3 is 19.9 Å². The largest absolute Gasteiger partial charge is 0.545 e. The summed E-state index contributed by atoms with van der Waals surface area (Å²) in [5.41, 5.74) is 5.88. The number of hydrogen-bond donors (Lipinski definition) is 1. The van der Waals surface area contributed by atoms with Crippen molar-refractivity contribution < 1.29 is 24.4 Å². The lowest BCUT2D eigenvalue weighted by Gasteiger charge is -2.23. The number of rotatable bonds is 5. The number of benzene rings is 2. The number of likely N-dealkylation sites (N-methyl/N-ethyl adjacent to an activating group) is 1. The van der Waals surface area contributed by atoms with Crippen molar-refractivity contribution in [3.63, 3.8) is 0 Å². The van der Waals surface area contributed by atoms with E-state index in [-0.39, 0.29) is 22.0 Å². The van der Waals surface area contributed by atoms with Gasteiger partial charge in [-0.15, -0.1) is 0 Å². The number of anilines is 1. The van der Waals surface area contributed by atoms with Crippen molar-refractivity contribution in [1.29, 1.82) is 0 Å². The highest BCUT2D eigenvalue weighted by atomic mass is 16.4. The number of fused-ring (bicyclic) bond motifs is 2. The molecule has 6 nitrogen and oxygen atoms in total. The van der Waals surface area contributed by atoms with Crippen molar-refractivity contribution >= 4 is 29.0 Å². The van der Waals surface area contributed by atoms with Gasteiger partial charge in [-0.1, -0.05) is 32.1 Å². The molecule has 180 valence electrons. The van der Waals surface area contributed by atoms with E-state index in [1.807, 2.05) is 50.5 Å². The van der Waals surface area contributed by atoms with E-state index in [9.17, 15) is 19.8 Å². The van der Waals surface area contributed by atoms with Crippen LogP contribution in [0.3, 0.4) is 0 Å². The average Bonchev–Trinajstić information content (AvgIpc) is 3.11. The second kappa shape index (κ2) is 8.38. The quantitative estimate of drug-likeness (QED) is 0.524. The smallest absolute Gasteiger partial charge is 0.335 e. The highest BCUT2D eigenvalue weighted by Gasteiger charge is 2.43. The molecule has 0 bridgehead atoms. The molecule has 2 heterocycles. The van der Waals surface area contributed by atoms with Gasteiger partial charge in [0.15, 0.2) is 5.71 Å². The van der Waals surface area contributed by atoms with Crippen LogP contribution in [0.1, 0.15) is 59.5 Å². The molecule has 0 saturated heterocycles. The fraction of sp³-hybridized carbons (Fsp3) is 0.276. The van der Waals surface area contributed by atoms with Gasteiger partial charge in [-0.25, -0.2) is 4.79 Å². The number of carboxylic acids is 2. The number of carbonyl (C=O) groups is 2. The standard InChI is InChI=1S/C29H30N2O4/c1-28(2)20-16-18(26(32)33)12-14-22(20)30(5)24(28)10-8-7-9-11-25-29(3,4)21-17-19(27(34)35)13-15-23(21)31(25)6/h7-17H,1-6H3,(H-,32,33,34,35). The normalized spacial score (nSPS) is 19.1. The Morgan fingerprint density at radius 3 is 2.26 bits per heavy atom. The maximum atomic E-state index is 11.4. The summed E-state index contributed by atoms with van der Waals surface area (Å²) in [7, 11) is 3.98. The molecule has 6 heteroatoms.